The monoisotopic (exact) mass is 175 g/mol. The molecule has 1 aromatic heterocycles. The summed E-state index contributed by atoms with van der Waals surface area (Å²) in [4.78, 5) is 8.18. The second-order valence-electron chi connectivity index (χ2n) is 2.28. The fourth-order valence-corrected chi connectivity index (χ4v) is 0.972. The quantitative estimate of drug-likeness (QED) is 0.668. The van der Waals surface area contributed by atoms with Gasteiger partial charge in [-0.3, -0.25) is 4.98 Å². The van der Waals surface area contributed by atoms with Crippen LogP contribution in [-0.4, -0.2) is 9.97 Å². The van der Waals surface area contributed by atoms with Crippen molar-refractivity contribution in [3.8, 4) is 0 Å². The van der Waals surface area contributed by atoms with E-state index in [1.54, 1.807) is 6.20 Å². The summed E-state index contributed by atoms with van der Waals surface area (Å²) in [7, 11) is 0. The number of benzene rings is 1. The highest BCUT2D eigenvalue weighted by molar-refractivity contribution is 5.74. The van der Waals surface area contributed by atoms with E-state index in [1.807, 2.05) is 38.1 Å². The van der Waals surface area contributed by atoms with Gasteiger partial charge in [0.15, 0.2) is 0 Å². The van der Waals surface area contributed by atoms with Gasteiger partial charge in [0.25, 0.3) is 0 Å². The first-order chi connectivity index (χ1) is 6.36. The minimum Gasteiger partial charge on any atom is -0.382 e. The Kier molecular flexibility index (Phi) is 3.20. The Balaban J connectivity index is 0.000000396. The Morgan fingerprint density at radius 2 is 1.69 bits per heavy atom. The summed E-state index contributed by atoms with van der Waals surface area (Å²) in [6, 6.07) is 7.63. The van der Waals surface area contributed by atoms with E-state index in [0.29, 0.717) is 5.82 Å². The van der Waals surface area contributed by atoms with Crippen molar-refractivity contribution in [3.05, 3.63) is 30.5 Å². The molecular weight excluding hydrogens is 162 g/mol. The topological polar surface area (TPSA) is 51.8 Å². The largest absolute Gasteiger partial charge is 0.382 e. The van der Waals surface area contributed by atoms with Crippen LogP contribution in [0.25, 0.3) is 11.0 Å². The van der Waals surface area contributed by atoms with E-state index in [9.17, 15) is 0 Å². The Morgan fingerprint density at radius 3 is 2.38 bits per heavy atom. The molecule has 0 fully saturated rings. The third-order valence-corrected chi connectivity index (χ3v) is 1.47. The van der Waals surface area contributed by atoms with Crippen molar-refractivity contribution >= 4 is 16.9 Å². The Hall–Kier alpha value is -1.64. The van der Waals surface area contributed by atoms with Crippen LogP contribution in [-0.2, 0) is 0 Å². The van der Waals surface area contributed by atoms with Crippen LogP contribution in [0.3, 0.4) is 0 Å². The van der Waals surface area contributed by atoms with Crippen LogP contribution < -0.4 is 5.73 Å². The number of hydrogen-bond donors (Lipinski definition) is 1. The van der Waals surface area contributed by atoms with E-state index in [-0.39, 0.29) is 0 Å². The second kappa shape index (κ2) is 4.40. The molecule has 2 rings (SSSR count). The molecule has 0 aliphatic carbocycles. The van der Waals surface area contributed by atoms with Gasteiger partial charge in [-0.25, -0.2) is 4.98 Å². The zero-order valence-corrected chi connectivity index (χ0v) is 7.86. The van der Waals surface area contributed by atoms with Gasteiger partial charge in [0.2, 0.25) is 0 Å². The highest BCUT2D eigenvalue weighted by Crippen LogP contribution is 2.08. The Bertz CT molecular complexity index is 385. The Morgan fingerprint density at radius 1 is 1.08 bits per heavy atom. The number of anilines is 1. The molecule has 0 aliphatic rings. The number of hydrogen-bond acceptors (Lipinski definition) is 3. The van der Waals surface area contributed by atoms with E-state index in [2.05, 4.69) is 9.97 Å². The van der Waals surface area contributed by atoms with Crippen LogP contribution in [0.4, 0.5) is 5.82 Å². The molecule has 2 N–H and O–H groups in total. The zero-order chi connectivity index (χ0) is 9.68. The summed E-state index contributed by atoms with van der Waals surface area (Å²) in [6.45, 7) is 4.00. The summed E-state index contributed by atoms with van der Waals surface area (Å²) < 4.78 is 0. The summed E-state index contributed by atoms with van der Waals surface area (Å²) in [6.07, 6.45) is 1.56. The van der Waals surface area contributed by atoms with E-state index in [4.69, 9.17) is 5.73 Å². The average Bonchev–Trinajstić information content (AvgIpc) is 2.21. The Labute approximate surface area is 77.6 Å². The molecule has 0 spiro atoms. The lowest BCUT2D eigenvalue weighted by atomic mass is 10.3. The molecule has 0 amide bonds. The van der Waals surface area contributed by atoms with Crippen molar-refractivity contribution in [2.45, 2.75) is 13.8 Å². The maximum Gasteiger partial charge on any atom is 0.142 e. The minimum absolute atomic E-state index is 0.462. The van der Waals surface area contributed by atoms with Gasteiger partial charge in [-0.15, -0.1) is 0 Å². The number of para-hydroxylation sites is 2. The van der Waals surface area contributed by atoms with Crippen molar-refractivity contribution in [3.63, 3.8) is 0 Å². The molecule has 3 heteroatoms. The van der Waals surface area contributed by atoms with Gasteiger partial charge < -0.3 is 5.73 Å². The molecule has 0 bridgehead atoms. The van der Waals surface area contributed by atoms with Gasteiger partial charge in [-0.1, -0.05) is 26.0 Å². The molecular formula is C10H13N3. The predicted octanol–water partition coefficient (Wildman–Crippen LogP) is 2.24. The first kappa shape index (κ1) is 9.45. The normalized spacial score (nSPS) is 9.08. The van der Waals surface area contributed by atoms with E-state index >= 15 is 0 Å². The number of rotatable bonds is 0. The average molecular weight is 175 g/mol. The van der Waals surface area contributed by atoms with Gasteiger partial charge in [0, 0.05) is 0 Å². The SMILES string of the molecule is CC.Nc1cnc2ccccc2n1. The molecule has 0 saturated heterocycles. The smallest absolute Gasteiger partial charge is 0.142 e. The molecule has 1 heterocycles. The summed E-state index contributed by atoms with van der Waals surface area (Å²) >= 11 is 0. The lowest BCUT2D eigenvalue weighted by Crippen LogP contribution is -1.91. The van der Waals surface area contributed by atoms with Crippen LogP contribution in [0.5, 0.6) is 0 Å². The van der Waals surface area contributed by atoms with Crippen molar-refractivity contribution in [2.24, 2.45) is 0 Å². The number of aromatic nitrogens is 2. The predicted molar refractivity (Wildman–Crippen MR) is 55.3 cm³/mol. The second-order valence-corrected chi connectivity index (χ2v) is 2.28. The number of fused-ring (bicyclic) bond motifs is 1. The molecule has 0 atom stereocenters. The molecule has 0 radical (unpaired) electrons. The molecule has 1 aromatic carbocycles. The fourth-order valence-electron chi connectivity index (χ4n) is 0.972. The third-order valence-electron chi connectivity index (χ3n) is 1.47. The van der Waals surface area contributed by atoms with Crippen molar-refractivity contribution in [1.29, 1.82) is 0 Å². The maximum absolute atomic E-state index is 5.45. The summed E-state index contributed by atoms with van der Waals surface area (Å²) in [5.41, 5.74) is 7.17. The zero-order valence-electron chi connectivity index (χ0n) is 7.86. The van der Waals surface area contributed by atoms with E-state index in [0.717, 1.165) is 11.0 Å². The van der Waals surface area contributed by atoms with E-state index in [1.165, 1.54) is 0 Å². The lowest BCUT2D eigenvalue weighted by molar-refractivity contribution is 1.30. The van der Waals surface area contributed by atoms with Gasteiger partial charge in [-0.05, 0) is 12.1 Å². The van der Waals surface area contributed by atoms with Crippen LogP contribution in [0, 0.1) is 0 Å². The first-order valence-corrected chi connectivity index (χ1v) is 4.33. The van der Waals surface area contributed by atoms with Gasteiger partial charge in [0.1, 0.15) is 5.82 Å². The number of nitrogen functional groups attached to an aromatic ring is 1. The van der Waals surface area contributed by atoms with Gasteiger partial charge in [0.05, 0.1) is 17.2 Å². The molecule has 0 saturated carbocycles. The highest BCUT2D eigenvalue weighted by Gasteiger charge is 1.92. The van der Waals surface area contributed by atoms with Crippen LogP contribution >= 0.6 is 0 Å². The van der Waals surface area contributed by atoms with Crippen LogP contribution in [0.15, 0.2) is 30.5 Å². The molecule has 2 aromatic rings. The maximum atomic E-state index is 5.45. The molecule has 0 unspecified atom stereocenters. The highest BCUT2D eigenvalue weighted by atomic mass is 14.9. The van der Waals surface area contributed by atoms with Crippen molar-refractivity contribution in [2.75, 3.05) is 5.73 Å². The fraction of sp³-hybridized carbons (Fsp3) is 0.200. The first-order valence-electron chi connectivity index (χ1n) is 4.33. The van der Waals surface area contributed by atoms with Crippen molar-refractivity contribution in [1.82, 2.24) is 9.97 Å². The van der Waals surface area contributed by atoms with Gasteiger partial charge in [-0.2, -0.15) is 0 Å². The van der Waals surface area contributed by atoms with Crippen LogP contribution in [0.1, 0.15) is 13.8 Å². The summed E-state index contributed by atoms with van der Waals surface area (Å²) in [5, 5.41) is 0. The third kappa shape index (κ3) is 2.15. The van der Waals surface area contributed by atoms with Gasteiger partial charge >= 0.3 is 0 Å². The lowest BCUT2D eigenvalue weighted by Gasteiger charge is -1.94. The molecule has 68 valence electrons. The molecule has 0 aliphatic heterocycles. The van der Waals surface area contributed by atoms with Crippen molar-refractivity contribution < 1.29 is 0 Å². The van der Waals surface area contributed by atoms with E-state index < -0.39 is 0 Å². The number of nitrogens with two attached hydrogens (primary N) is 1. The number of nitrogens with zero attached hydrogens (tertiary/aromatic N) is 2. The standard InChI is InChI=1S/C8H7N3.C2H6/c9-8-5-10-6-3-1-2-4-7(6)11-8;1-2/h1-5H,(H2,9,11);1-2H3. The molecule has 13 heavy (non-hydrogen) atoms. The minimum atomic E-state index is 0.462. The van der Waals surface area contributed by atoms with Crippen LogP contribution in [0.2, 0.25) is 0 Å². The molecule has 3 nitrogen and oxygen atoms in total. The summed E-state index contributed by atoms with van der Waals surface area (Å²) in [5.74, 6) is 0.462.